The van der Waals surface area contributed by atoms with E-state index < -0.39 is 0 Å². The van der Waals surface area contributed by atoms with Crippen LogP contribution in [0.5, 0.6) is 0 Å². The van der Waals surface area contributed by atoms with E-state index in [9.17, 15) is 4.79 Å². The van der Waals surface area contributed by atoms with Gasteiger partial charge in [-0.2, -0.15) is 16.9 Å². The molecule has 0 unspecified atom stereocenters. The minimum atomic E-state index is 0.149. The van der Waals surface area contributed by atoms with Gasteiger partial charge in [-0.15, -0.1) is 0 Å². The van der Waals surface area contributed by atoms with Crippen LogP contribution in [0.15, 0.2) is 28.9 Å². The number of rotatable bonds is 5. The topological polar surface area (TPSA) is 62.1 Å². The number of furan rings is 1. The first-order chi connectivity index (χ1) is 12.7. The number of aryl methyl sites for hydroxylation is 2. The van der Waals surface area contributed by atoms with Crippen molar-refractivity contribution in [2.75, 3.05) is 18.6 Å². The van der Waals surface area contributed by atoms with Gasteiger partial charge >= 0.3 is 0 Å². The van der Waals surface area contributed by atoms with Gasteiger partial charge in [0.2, 0.25) is 5.91 Å². The average Bonchev–Trinajstić information content (AvgIpc) is 3.23. The molecule has 1 aliphatic heterocycles. The van der Waals surface area contributed by atoms with Gasteiger partial charge in [0.25, 0.3) is 0 Å². The third-order valence-corrected chi connectivity index (χ3v) is 5.68. The van der Waals surface area contributed by atoms with Gasteiger partial charge in [0.05, 0.1) is 18.4 Å². The molecule has 3 aromatic rings. The highest BCUT2D eigenvalue weighted by molar-refractivity contribution is 7.98. The Balaban J connectivity index is 1.49. The van der Waals surface area contributed by atoms with Gasteiger partial charge in [0, 0.05) is 48.1 Å². The number of carbonyl (C=O) groups is 1. The Bertz CT molecular complexity index is 944. The Morgan fingerprint density at radius 3 is 3.15 bits per heavy atom. The van der Waals surface area contributed by atoms with Crippen LogP contribution in [0.2, 0.25) is 0 Å². The SMILES string of the molecule is CSCCc1n[nH]c2c1CN(C(=O)Cc1coc3cc(C)ccc13)CC2. The maximum Gasteiger partial charge on any atom is 0.227 e. The molecule has 4 rings (SSSR count). The summed E-state index contributed by atoms with van der Waals surface area (Å²) in [6, 6.07) is 6.12. The van der Waals surface area contributed by atoms with E-state index in [4.69, 9.17) is 4.42 Å². The maximum atomic E-state index is 12.9. The number of aromatic nitrogens is 2. The fourth-order valence-corrected chi connectivity index (χ4v) is 3.97. The number of nitrogens with one attached hydrogen (secondary N) is 1. The molecule has 0 spiro atoms. The molecule has 1 aromatic carbocycles. The number of amides is 1. The lowest BCUT2D eigenvalue weighted by molar-refractivity contribution is -0.131. The largest absolute Gasteiger partial charge is 0.464 e. The van der Waals surface area contributed by atoms with E-state index in [0.717, 1.165) is 52.9 Å². The molecular weight excluding hydrogens is 346 g/mol. The molecule has 0 saturated heterocycles. The molecule has 1 aliphatic rings. The summed E-state index contributed by atoms with van der Waals surface area (Å²) in [5.41, 5.74) is 6.48. The first-order valence-electron chi connectivity index (χ1n) is 8.94. The maximum absolute atomic E-state index is 12.9. The number of thioether (sulfide) groups is 1. The van der Waals surface area contributed by atoms with Crippen LogP contribution in [0.3, 0.4) is 0 Å². The summed E-state index contributed by atoms with van der Waals surface area (Å²) in [5, 5.41) is 8.65. The first-order valence-corrected chi connectivity index (χ1v) is 10.3. The quantitative estimate of drug-likeness (QED) is 0.748. The van der Waals surface area contributed by atoms with Gasteiger partial charge in [-0.3, -0.25) is 9.89 Å². The molecule has 26 heavy (non-hydrogen) atoms. The monoisotopic (exact) mass is 369 g/mol. The van der Waals surface area contributed by atoms with E-state index in [0.29, 0.717) is 13.0 Å². The number of nitrogens with zero attached hydrogens (tertiary/aromatic N) is 2. The van der Waals surface area contributed by atoms with E-state index in [1.54, 1.807) is 6.26 Å². The second-order valence-corrected chi connectivity index (χ2v) is 7.86. The number of hydrogen-bond donors (Lipinski definition) is 1. The molecule has 6 heteroatoms. The van der Waals surface area contributed by atoms with Gasteiger partial charge in [-0.1, -0.05) is 12.1 Å². The van der Waals surface area contributed by atoms with Gasteiger partial charge in [0.15, 0.2) is 0 Å². The van der Waals surface area contributed by atoms with Crippen molar-refractivity contribution < 1.29 is 9.21 Å². The molecule has 0 saturated carbocycles. The molecule has 1 N–H and O–H groups in total. The summed E-state index contributed by atoms with van der Waals surface area (Å²) >= 11 is 1.82. The summed E-state index contributed by atoms with van der Waals surface area (Å²) < 4.78 is 5.64. The van der Waals surface area contributed by atoms with Gasteiger partial charge in [-0.25, -0.2) is 0 Å². The minimum absolute atomic E-state index is 0.149. The number of benzene rings is 1. The highest BCUT2D eigenvalue weighted by Gasteiger charge is 2.25. The van der Waals surface area contributed by atoms with E-state index in [2.05, 4.69) is 22.5 Å². The van der Waals surface area contributed by atoms with Gasteiger partial charge in [0.1, 0.15) is 5.58 Å². The zero-order valence-corrected chi connectivity index (χ0v) is 16.0. The Labute approximate surface area is 157 Å². The Kier molecular flexibility index (Phi) is 4.76. The van der Waals surface area contributed by atoms with E-state index in [-0.39, 0.29) is 5.91 Å². The Hall–Kier alpha value is -2.21. The van der Waals surface area contributed by atoms with Crippen molar-refractivity contribution in [3.8, 4) is 0 Å². The highest BCUT2D eigenvalue weighted by atomic mass is 32.2. The zero-order valence-electron chi connectivity index (χ0n) is 15.2. The van der Waals surface area contributed by atoms with E-state index >= 15 is 0 Å². The van der Waals surface area contributed by atoms with Gasteiger partial charge in [-0.05, 0) is 30.6 Å². The van der Waals surface area contributed by atoms with E-state index in [1.165, 1.54) is 11.3 Å². The van der Waals surface area contributed by atoms with Crippen LogP contribution in [0.1, 0.15) is 28.1 Å². The fourth-order valence-electron chi connectivity index (χ4n) is 3.57. The molecule has 0 atom stereocenters. The number of hydrogen-bond acceptors (Lipinski definition) is 4. The number of fused-ring (bicyclic) bond motifs is 2. The second-order valence-electron chi connectivity index (χ2n) is 6.87. The van der Waals surface area contributed by atoms with Crippen molar-refractivity contribution in [2.45, 2.75) is 32.7 Å². The van der Waals surface area contributed by atoms with Gasteiger partial charge < -0.3 is 9.32 Å². The highest BCUT2D eigenvalue weighted by Crippen LogP contribution is 2.25. The van der Waals surface area contributed by atoms with Crippen LogP contribution in [0.25, 0.3) is 11.0 Å². The van der Waals surface area contributed by atoms with Crippen LogP contribution >= 0.6 is 11.8 Å². The van der Waals surface area contributed by atoms with Crippen molar-refractivity contribution in [1.82, 2.24) is 15.1 Å². The smallest absolute Gasteiger partial charge is 0.227 e. The third-order valence-electron chi connectivity index (χ3n) is 5.07. The predicted octanol–water partition coefficient (Wildman–Crippen LogP) is 3.50. The van der Waals surface area contributed by atoms with Crippen LogP contribution in [0, 0.1) is 6.92 Å². The van der Waals surface area contributed by atoms with E-state index in [1.807, 2.05) is 35.7 Å². The average molecular weight is 369 g/mol. The predicted molar refractivity (Wildman–Crippen MR) is 104 cm³/mol. The zero-order chi connectivity index (χ0) is 18.1. The molecular formula is C20H23N3O2S. The Morgan fingerprint density at radius 1 is 1.42 bits per heavy atom. The van der Waals surface area contributed by atoms with Crippen molar-refractivity contribution in [3.05, 3.63) is 52.5 Å². The normalized spacial score (nSPS) is 14.0. The summed E-state index contributed by atoms with van der Waals surface area (Å²) in [6.07, 6.45) is 5.99. The number of carbonyl (C=O) groups excluding carboxylic acids is 1. The molecule has 5 nitrogen and oxygen atoms in total. The van der Waals surface area contributed by atoms with Crippen molar-refractivity contribution in [2.24, 2.45) is 0 Å². The second kappa shape index (κ2) is 7.19. The summed E-state index contributed by atoms with van der Waals surface area (Å²) in [5.74, 6) is 1.20. The molecule has 2 aromatic heterocycles. The number of aromatic amines is 1. The van der Waals surface area contributed by atoms with Crippen LogP contribution in [0.4, 0.5) is 0 Å². The van der Waals surface area contributed by atoms with Crippen molar-refractivity contribution >= 4 is 28.6 Å². The minimum Gasteiger partial charge on any atom is -0.464 e. The Morgan fingerprint density at radius 2 is 2.31 bits per heavy atom. The lowest BCUT2D eigenvalue weighted by atomic mass is 10.0. The number of H-pyrrole nitrogens is 1. The standard InChI is InChI=1S/C20H23N3O2S/c1-13-3-4-15-14(12-25-19(15)9-13)10-20(24)23-7-5-17-16(11-23)18(22-21-17)6-8-26-2/h3-4,9,12H,5-8,10-11H2,1-2H3,(H,21,22). The summed E-state index contributed by atoms with van der Waals surface area (Å²) in [4.78, 5) is 14.8. The fraction of sp³-hybridized carbons (Fsp3) is 0.400. The molecule has 136 valence electrons. The lowest BCUT2D eigenvalue weighted by Gasteiger charge is -2.27. The van der Waals surface area contributed by atoms with Crippen LogP contribution in [-0.4, -0.2) is 39.6 Å². The molecule has 0 radical (unpaired) electrons. The summed E-state index contributed by atoms with van der Waals surface area (Å²) in [6.45, 7) is 3.44. The molecule has 1 amide bonds. The molecule has 0 fully saturated rings. The summed E-state index contributed by atoms with van der Waals surface area (Å²) in [7, 11) is 0. The van der Waals surface area contributed by atoms with Crippen molar-refractivity contribution in [1.29, 1.82) is 0 Å². The molecule has 3 heterocycles. The lowest BCUT2D eigenvalue weighted by Crippen LogP contribution is -2.37. The molecule has 0 bridgehead atoms. The first kappa shape index (κ1) is 17.2. The molecule has 0 aliphatic carbocycles. The van der Waals surface area contributed by atoms with Crippen molar-refractivity contribution in [3.63, 3.8) is 0 Å². The van der Waals surface area contributed by atoms with Crippen LogP contribution in [-0.2, 0) is 30.6 Å². The van der Waals surface area contributed by atoms with Crippen LogP contribution < -0.4 is 0 Å². The third kappa shape index (κ3) is 3.26.